The number of aromatic hydroxyl groups is 3. The molecule has 1 aliphatic heterocycles. The number of carbonyl (C=O) groups excluding carboxylic acids is 1. The van der Waals surface area contributed by atoms with Crippen LogP contribution in [-0.4, -0.2) is 35.3 Å². The van der Waals surface area contributed by atoms with E-state index in [1.54, 1.807) is 6.07 Å². The molecule has 1 atom stereocenters. The zero-order chi connectivity index (χ0) is 17.4. The molecule has 1 heterocycles. The van der Waals surface area contributed by atoms with Gasteiger partial charge in [0.1, 0.15) is 46.2 Å². The molecule has 0 fully saturated rings. The van der Waals surface area contributed by atoms with E-state index in [4.69, 9.17) is 14.2 Å². The van der Waals surface area contributed by atoms with Gasteiger partial charge >= 0.3 is 0 Å². The van der Waals surface area contributed by atoms with Crippen LogP contribution in [0.25, 0.3) is 0 Å². The highest BCUT2D eigenvalue weighted by molar-refractivity contribution is 6.02. The number of rotatable bonds is 3. The van der Waals surface area contributed by atoms with Gasteiger partial charge < -0.3 is 29.5 Å². The molecule has 0 saturated heterocycles. The summed E-state index contributed by atoms with van der Waals surface area (Å²) in [7, 11) is 2.88. The van der Waals surface area contributed by atoms with Gasteiger partial charge in [0, 0.05) is 24.3 Å². The van der Waals surface area contributed by atoms with E-state index in [9.17, 15) is 20.1 Å². The highest BCUT2D eigenvalue weighted by Crippen LogP contribution is 2.46. The van der Waals surface area contributed by atoms with E-state index in [1.165, 1.54) is 26.4 Å². The van der Waals surface area contributed by atoms with Crippen molar-refractivity contribution in [2.75, 3.05) is 14.2 Å². The first-order valence-corrected chi connectivity index (χ1v) is 7.15. The molecule has 0 aliphatic carbocycles. The smallest absolute Gasteiger partial charge is 0.174 e. The van der Waals surface area contributed by atoms with Gasteiger partial charge in [0.15, 0.2) is 5.78 Å². The Morgan fingerprint density at radius 1 is 1.04 bits per heavy atom. The molecule has 1 unspecified atom stereocenters. The zero-order valence-electron chi connectivity index (χ0n) is 13.1. The fourth-order valence-electron chi connectivity index (χ4n) is 2.78. The number of Topliss-reactive ketones (excluding diaryl/α,β-unsaturated/α-hetero) is 1. The van der Waals surface area contributed by atoms with Crippen LogP contribution in [0.2, 0.25) is 0 Å². The maximum atomic E-state index is 12.4. The number of carbonyl (C=O) groups is 1. The van der Waals surface area contributed by atoms with Crippen molar-refractivity contribution in [2.45, 2.75) is 12.5 Å². The lowest BCUT2D eigenvalue weighted by Gasteiger charge is -2.27. The Hall–Kier alpha value is -3.09. The number of phenolic OH excluding ortho intramolecular Hbond substituents is 3. The molecule has 3 rings (SSSR count). The van der Waals surface area contributed by atoms with E-state index >= 15 is 0 Å². The first kappa shape index (κ1) is 15.8. The van der Waals surface area contributed by atoms with Crippen LogP contribution < -0.4 is 14.2 Å². The SMILES string of the molecule is COc1cc(O)c(C2CC(=O)c3c(O)cc(O)cc3O2)c(OC)c1. The van der Waals surface area contributed by atoms with Gasteiger partial charge in [0.05, 0.1) is 26.2 Å². The highest BCUT2D eigenvalue weighted by Gasteiger charge is 2.34. The molecule has 0 spiro atoms. The van der Waals surface area contributed by atoms with Crippen LogP contribution in [0, 0.1) is 0 Å². The van der Waals surface area contributed by atoms with Crippen LogP contribution in [0.15, 0.2) is 24.3 Å². The Kier molecular flexibility index (Phi) is 3.84. The van der Waals surface area contributed by atoms with Crippen molar-refractivity contribution in [3.8, 4) is 34.5 Å². The van der Waals surface area contributed by atoms with Crippen molar-refractivity contribution >= 4 is 5.78 Å². The van der Waals surface area contributed by atoms with Crippen LogP contribution in [0.1, 0.15) is 28.4 Å². The first-order chi connectivity index (χ1) is 11.4. The van der Waals surface area contributed by atoms with Crippen LogP contribution in [0.4, 0.5) is 0 Å². The lowest BCUT2D eigenvalue weighted by molar-refractivity contribution is 0.0838. The lowest BCUT2D eigenvalue weighted by atomic mass is 9.94. The number of fused-ring (bicyclic) bond motifs is 1. The molecule has 24 heavy (non-hydrogen) atoms. The topological polar surface area (TPSA) is 105 Å². The predicted octanol–water partition coefficient (Wildman–Crippen LogP) is 2.53. The number of hydrogen-bond donors (Lipinski definition) is 3. The van der Waals surface area contributed by atoms with Crippen LogP contribution >= 0.6 is 0 Å². The monoisotopic (exact) mass is 332 g/mol. The van der Waals surface area contributed by atoms with E-state index in [0.717, 1.165) is 6.07 Å². The predicted molar refractivity (Wildman–Crippen MR) is 83.3 cm³/mol. The van der Waals surface area contributed by atoms with E-state index in [1.807, 2.05) is 0 Å². The summed E-state index contributed by atoms with van der Waals surface area (Å²) in [4.78, 5) is 12.4. The summed E-state index contributed by atoms with van der Waals surface area (Å²) in [5.41, 5.74) is 0.302. The summed E-state index contributed by atoms with van der Waals surface area (Å²) in [6.07, 6.45) is -0.922. The molecular weight excluding hydrogens is 316 g/mol. The zero-order valence-corrected chi connectivity index (χ0v) is 13.1. The first-order valence-electron chi connectivity index (χ1n) is 7.15. The van der Waals surface area contributed by atoms with Gasteiger partial charge in [0.25, 0.3) is 0 Å². The second-order valence-electron chi connectivity index (χ2n) is 5.33. The fraction of sp³-hybridized carbons (Fsp3) is 0.235. The number of ether oxygens (including phenoxy) is 3. The standard InChI is InChI=1S/C17H16O7/c1-22-9-5-11(20)17(13(6-9)23-2)15-7-12(21)16-10(19)3-8(18)4-14(16)24-15/h3-6,15,18-20H,7H2,1-2H3. The van der Waals surface area contributed by atoms with Gasteiger partial charge in [-0.2, -0.15) is 0 Å². The molecule has 7 heteroatoms. The minimum Gasteiger partial charge on any atom is -0.508 e. The van der Waals surface area contributed by atoms with Crippen molar-refractivity contribution < 1.29 is 34.3 Å². The molecule has 2 aromatic carbocycles. The lowest BCUT2D eigenvalue weighted by Crippen LogP contribution is -2.21. The summed E-state index contributed by atoms with van der Waals surface area (Å²) in [6.45, 7) is 0. The second-order valence-corrected chi connectivity index (χ2v) is 5.33. The van der Waals surface area contributed by atoms with Gasteiger partial charge in [-0.05, 0) is 0 Å². The highest BCUT2D eigenvalue weighted by atomic mass is 16.5. The van der Waals surface area contributed by atoms with Crippen molar-refractivity contribution in [3.63, 3.8) is 0 Å². The normalized spacial score (nSPS) is 16.2. The summed E-state index contributed by atoms with van der Waals surface area (Å²) in [5.74, 6) is -0.341. The number of ketones is 1. The minimum atomic E-state index is -0.827. The maximum absolute atomic E-state index is 12.4. The van der Waals surface area contributed by atoms with E-state index in [-0.39, 0.29) is 40.8 Å². The molecule has 0 saturated carbocycles. The summed E-state index contributed by atoms with van der Waals surface area (Å²) >= 11 is 0. The maximum Gasteiger partial charge on any atom is 0.174 e. The number of methoxy groups -OCH3 is 2. The van der Waals surface area contributed by atoms with Crippen LogP contribution in [-0.2, 0) is 0 Å². The third-order valence-corrected chi connectivity index (χ3v) is 3.86. The van der Waals surface area contributed by atoms with E-state index in [2.05, 4.69) is 0 Å². The van der Waals surface area contributed by atoms with Crippen molar-refractivity contribution in [1.82, 2.24) is 0 Å². The Bertz CT molecular complexity index is 813. The van der Waals surface area contributed by atoms with E-state index in [0.29, 0.717) is 17.1 Å². The van der Waals surface area contributed by atoms with E-state index < -0.39 is 6.10 Å². The molecule has 0 amide bonds. The molecule has 0 radical (unpaired) electrons. The Labute approximate surface area is 137 Å². The fourth-order valence-corrected chi connectivity index (χ4v) is 2.78. The Morgan fingerprint density at radius 3 is 2.46 bits per heavy atom. The molecule has 7 nitrogen and oxygen atoms in total. The van der Waals surface area contributed by atoms with Crippen molar-refractivity contribution in [1.29, 1.82) is 0 Å². The average Bonchev–Trinajstić information content (AvgIpc) is 2.52. The quantitative estimate of drug-likeness (QED) is 0.793. The second kappa shape index (κ2) is 5.84. The van der Waals surface area contributed by atoms with Crippen LogP contribution in [0.5, 0.6) is 34.5 Å². The summed E-state index contributed by atoms with van der Waals surface area (Å²) < 4.78 is 16.1. The third kappa shape index (κ3) is 2.54. The third-order valence-electron chi connectivity index (χ3n) is 3.86. The Balaban J connectivity index is 2.08. The van der Waals surface area contributed by atoms with Gasteiger partial charge in [-0.25, -0.2) is 0 Å². The molecule has 3 N–H and O–H groups in total. The van der Waals surface area contributed by atoms with Gasteiger partial charge in [-0.3, -0.25) is 4.79 Å². The van der Waals surface area contributed by atoms with Gasteiger partial charge in [-0.15, -0.1) is 0 Å². The van der Waals surface area contributed by atoms with Crippen LogP contribution in [0.3, 0.4) is 0 Å². The summed E-state index contributed by atoms with van der Waals surface area (Å²) in [6, 6.07) is 5.28. The minimum absolute atomic E-state index is 0.0102. The van der Waals surface area contributed by atoms with Crippen molar-refractivity contribution in [2.24, 2.45) is 0 Å². The van der Waals surface area contributed by atoms with Crippen molar-refractivity contribution in [3.05, 3.63) is 35.4 Å². The molecule has 2 aromatic rings. The number of benzene rings is 2. The average molecular weight is 332 g/mol. The van der Waals surface area contributed by atoms with Gasteiger partial charge in [0.2, 0.25) is 0 Å². The molecule has 1 aliphatic rings. The Morgan fingerprint density at radius 2 is 1.79 bits per heavy atom. The van der Waals surface area contributed by atoms with Gasteiger partial charge in [-0.1, -0.05) is 0 Å². The number of hydrogen-bond acceptors (Lipinski definition) is 7. The molecule has 126 valence electrons. The summed E-state index contributed by atoms with van der Waals surface area (Å²) in [5, 5.41) is 29.7. The molecule has 0 aromatic heterocycles. The molecular formula is C17H16O7. The number of phenols is 3. The molecule has 0 bridgehead atoms. The largest absolute Gasteiger partial charge is 0.508 e.